The molecule has 3 aromatic rings. The first-order valence-electron chi connectivity index (χ1n) is 22.3. The van der Waals surface area contributed by atoms with Crippen LogP contribution in [0.4, 0.5) is 20.6 Å². The second kappa shape index (κ2) is 27.6. The molecule has 388 valence electrons. The smallest absolute Gasteiger partial charge is 0.427 e. The fourth-order valence-corrected chi connectivity index (χ4v) is 8.64. The first-order valence-corrected chi connectivity index (χ1v) is 26.3. The zero-order valence-electron chi connectivity index (χ0n) is 40.3. The van der Waals surface area contributed by atoms with Gasteiger partial charge in [0.15, 0.2) is 18.0 Å². The lowest BCUT2D eigenvalue weighted by Gasteiger charge is -2.29. The van der Waals surface area contributed by atoms with Crippen LogP contribution in [0.3, 0.4) is 0 Å². The quantitative estimate of drug-likeness (QED) is 0.0557. The maximum Gasteiger partial charge on any atom is 0.427 e. The van der Waals surface area contributed by atoms with Crippen molar-refractivity contribution in [3.05, 3.63) is 87.8 Å². The average molecular weight is 1080 g/mol. The molecule has 3 atom stereocenters. The van der Waals surface area contributed by atoms with E-state index >= 15 is 0 Å². The first kappa shape index (κ1) is 60.1. The molecule has 3 unspecified atom stereocenters. The predicted molar refractivity (Wildman–Crippen MR) is 267 cm³/mol. The Balaban J connectivity index is 0.000000256. The minimum Gasteiger partial charge on any atom is -0.489 e. The maximum atomic E-state index is 14.3. The molecule has 1 aliphatic carbocycles. The highest BCUT2D eigenvalue weighted by molar-refractivity contribution is 7.57. The van der Waals surface area contributed by atoms with E-state index in [-0.39, 0.29) is 71.4 Å². The van der Waals surface area contributed by atoms with Gasteiger partial charge in [-0.15, -0.1) is 11.6 Å². The molecule has 0 radical (unpaired) electrons. The number of cyclic esters (lactones) is 1. The van der Waals surface area contributed by atoms with Gasteiger partial charge in [0.25, 0.3) is 5.91 Å². The Labute approximate surface area is 427 Å². The minimum absolute atomic E-state index is 0.00962. The van der Waals surface area contributed by atoms with Crippen LogP contribution in [-0.2, 0) is 50.8 Å². The molecule has 3 aliphatic rings. The van der Waals surface area contributed by atoms with Crippen LogP contribution >= 0.6 is 53.8 Å². The van der Waals surface area contributed by atoms with Gasteiger partial charge in [-0.25, -0.2) is 14.1 Å². The van der Waals surface area contributed by atoms with E-state index in [1.54, 1.807) is 52.0 Å². The number of methoxy groups -OCH3 is 1. The molecular weight excluding hydrogens is 1020 g/mol. The molecule has 3 heterocycles. The number of nitrogens with two attached hydrogens (primary N) is 1. The van der Waals surface area contributed by atoms with Crippen molar-refractivity contribution in [2.24, 2.45) is 5.73 Å². The van der Waals surface area contributed by atoms with E-state index in [1.807, 2.05) is 24.3 Å². The van der Waals surface area contributed by atoms with Crippen LogP contribution in [0.5, 0.6) is 5.75 Å². The summed E-state index contributed by atoms with van der Waals surface area (Å²) in [5.74, 6) is -2.30. The highest BCUT2D eigenvalue weighted by Gasteiger charge is 2.45. The Bertz CT molecular complexity index is 2330. The number of carboxylic acid groups (broad SMARTS) is 1. The molecule has 23 heteroatoms. The Kier molecular flexibility index (Phi) is 23.6. The third-order valence-electron chi connectivity index (χ3n) is 10.9. The van der Waals surface area contributed by atoms with Crippen LogP contribution in [0.2, 0.25) is 5.02 Å². The number of imide groups is 1. The Hall–Kier alpha value is -4.23. The summed E-state index contributed by atoms with van der Waals surface area (Å²) >= 11 is 22.9. The molecule has 1 aromatic heterocycles. The van der Waals surface area contributed by atoms with Crippen LogP contribution < -0.4 is 20.3 Å². The third kappa shape index (κ3) is 16.9. The number of ether oxygens (including phenoxy) is 4. The first-order chi connectivity index (χ1) is 32.8. The number of alkyl halides is 3. The number of carbonyl (C=O) groups is 5. The van der Waals surface area contributed by atoms with E-state index in [9.17, 15) is 32.9 Å². The molecule has 0 bridgehead atoms. The molecule has 6 rings (SSSR count). The van der Waals surface area contributed by atoms with Crippen molar-refractivity contribution < 1.29 is 66.3 Å². The summed E-state index contributed by atoms with van der Waals surface area (Å²) in [6, 6.07) is 11.0. The van der Waals surface area contributed by atoms with Gasteiger partial charge >= 0.3 is 18.0 Å². The molecule has 17 nitrogen and oxygen atoms in total. The number of rotatable bonds is 15. The molecule has 2 saturated heterocycles. The monoisotopic (exact) mass is 1080 g/mol. The van der Waals surface area contributed by atoms with E-state index in [1.165, 1.54) is 17.6 Å². The van der Waals surface area contributed by atoms with E-state index in [4.69, 9.17) is 85.5 Å². The summed E-state index contributed by atoms with van der Waals surface area (Å²) in [7, 11) is -1.52. The highest BCUT2D eigenvalue weighted by atomic mass is 35.5. The van der Waals surface area contributed by atoms with Gasteiger partial charge < -0.3 is 44.0 Å². The largest absolute Gasteiger partial charge is 0.489 e. The number of halogens is 5. The third-order valence-corrected chi connectivity index (χ3v) is 12.9. The average Bonchev–Trinajstić information content (AvgIpc) is 4.13. The lowest BCUT2D eigenvalue weighted by Crippen LogP contribution is -2.45. The van der Waals surface area contributed by atoms with Crippen molar-refractivity contribution >= 4 is 94.9 Å². The van der Waals surface area contributed by atoms with Gasteiger partial charge in [-0.05, 0) is 108 Å². The summed E-state index contributed by atoms with van der Waals surface area (Å²) in [6.45, 7) is 12.8. The molecule has 2 aromatic carbocycles. The number of amides is 4. The zero-order valence-corrected chi connectivity index (χ0v) is 44.3. The van der Waals surface area contributed by atoms with Gasteiger partial charge in [0.1, 0.15) is 47.8 Å². The van der Waals surface area contributed by atoms with Crippen molar-refractivity contribution in [1.82, 2.24) is 4.90 Å². The van der Waals surface area contributed by atoms with Crippen LogP contribution in [0.15, 0.2) is 64.5 Å². The molecule has 1 saturated carbocycles. The Morgan fingerprint density at radius 2 is 1.67 bits per heavy atom. The van der Waals surface area contributed by atoms with E-state index in [2.05, 4.69) is 13.8 Å². The fourth-order valence-electron chi connectivity index (χ4n) is 7.31. The summed E-state index contributed by atoms with van der Waals surface area (Å²) in [6.07, 6.45) is 6.04. The molecule has 70 heavy (non-hydrogen) atoms. The molecule has 4 amide bonds. The zero-order chi connectivity index (χ0) is 52.7. The SMILES string of the molecule is CC(C)=C1OC(=O)N(c2cc(OC3CCCC3)c(Cl)cc2F)C1=O.CC1(C)OC(c2ccco2)CN1C(=O)C(Cl)Cl.CCc1cccc(CC)c1N(COC)C(=O)CCl.CP(=O)(O)CCC(N)C(=O)O. The Morgan fingerprint density at radius 1 is 1.06 bits per heavy atom. The summed E-state index contributed by atoms with van der Waals surface area (Å²) < 4.78 is 51.9. The number of benzene rings is 2. The number of hydrogen-bond acceptors (Lipinski definition) is 12. The number of carboxylic acids is 1. The van der Waals surface area contributed by atoms with Crippen LogP contribution in [0.1, 0.15) is 96.6 Å². The number of para-hydroxylation sites is 1. The minimum atomic E-state index is -3.10. The predicted octanol–water partition coefficient (Wildman–Crippen LogP) is 9.97. The van der Waals surface area contributed by atoms with Crippen molar-refractivity contribution in [2.45, 2.75) is 115 Å². The molecule has 4 N–H and O–H groups in total. The second-order valence-corrected chi connectivity index (χ2v) is 21.2. The van der Waals surface area contributed by atoms with Crippen LogP contribution in [-0.4, -0.2) is 106 Å². The molecule has 0 spiro atoms. The van der Waals surface area contributed by atoms with Crippen molar-refractivity contribution in [2.75, 3.05) is 48.9 Å². The second-order valence-electron chi connectivity index (χ2n) is 16.9. The number of aliphatic carboxylic acids is 1. The van der Waals surface area contributed by atoms with Crippen molar-refractivity contribution in [1.29, 1.82) is 0 Å². The van der Waals surface area contributed by atoms with Gasteiger partial charge in [0.2, 0.25) is 5.91 Å². The number of furan rings is 1. The van der Waals surface area contributed by atoms with Gasteiger partial charge in [0.05, 0.1) is 35.3 Å². The molecule has 2 aliphatic heterocycles. The van der Waals surface area contributed by atoms with Gasteiger partial charge in [0, 0.05) is 26.0 Å². The number of hydrogen-bond donors (Lipinski definition) is 3. The van der Waals surface area contributed by atoms with Crippen molar-refractivity contribution in [3.8, 4) is 5.75 Å². The number of aryl methyl sites for hydroxylation is 2. The maximum absolute atomic E-state index is 14.3. The molecular formula is C47H62Cl4FN4O13P. The number of allylic oxidation sites excluding steroid dienone is 1. The topological polar surface area (TPSA) is 229 Å². The number of carbonyl (C=O) groups excluding carboxylic acids is 4. The lowest BCUT2D eigenvalue weighted by atomic mass is 10.0. The normalized spacial score (nSPS) is 17.6. The van der Waals surface area contributed by atoms with Crippen LogP contribution in [0.25, 0.3) is 0 Å². The van der Waals surface area contributed by atoms with Gasteiger partial charge in [-0.3, -0.25) is 28.6 Å². The van der Waals surface area contributed by atoms with Gasteiger partial charge in [-0.2, -0.15) is 0 Å². The summed E-state index contributed by atoms with van der Waals surface area (Å²) in [4.78, 5) is 69.7. The van der Waals surface area contributed by atoms with Gasteiger partial charge in [-0.1, -0.05) is 66.8 Å². The van der Waals surface area contributed by atoms with Crippen molar-refractivity contribution in [3.63, 3.8) is 0 Å². The summed E-state index contributed by atoms with van der Waals surface area (Å²) in [5.41, 5.74) is 7.90. The lowest BCUT2D eigenvalue weighted by molar-refractivity contribution is -0.144. The van der Waals surface area contributed by atoms with E-state index < -0.39 is 47.8 Å². The fraction of sp³-hybridized carbons (Fsp3) is 0.511. The summed E-state index contributed by atoms with van der Waals surface area (Å²) in [5, 5.41) is 8.38. The number of nitrogens with zero attached hydrogens (tertiary/aromatic N) is 3. The number of anilines is 2. The standard InChI is InChI=1S/C17H17ClFNO4.C14H20ClNO2.C11H13Cl2NO3.C5H12NO4P/c1-9(2)15-16(21)20(17(22)24-15)13-8-14(11(18)7-12(13)19)23-10-5-3-4-6-10;1-4-11-7-6-8-12(5-2)14(11)16(10-18-3)13(17)9-15;1-11(2)14(10(15)9(12)13)6-8(17-11)7-4-3-5-16-7;1-11(9,10)3-2-4(6)5(7)8/h7-8,10H,3-6H2,1-2H3;6-8H,4-5,9-10H2,1-3H3;3-5,8-9H,6H2,1-2H3;4H,2-3,6H2,1H3,(H,7,8)(H,9,10). The van der Waals surface area contributed by atoms with Crippen LogP contribution in [0, 0.1) is 5.82 Å². The highest BCUT2D eigenvalue weighted by Crippen LogP contribution is 2.39. The Morgan fingerprint density at radius 3 is 2.14 bits per heavy atom. The van der Waals surface area contributed by atoms with E-state index in [0.29, 0.717) is 22.8 Å². The van der Waals surface area contributed by atoms with E-state index in [0.717, 1.165) is 61.4 Å². The molecule has 3 fully saturated rings.